The molecule has 0 bridgehead atoms. The number of hydrogen-bond donors (Lipinski definition) is 0. The Bertz CT molecular complexity index is 1210. The van der Waals surface area contributed by atoms with Gasteiger partial charge in [0.25, 0.3) is 5.56 Å². The number of aromatic nitrogens is 2. The zero-order valence-electron chi connectivity index (χ0n) is 14.4. The molecule has 6 heteroatoms. The van der Waals surface area contributed by atoms with Crippen molar-refractivity contribution in [3.05, 3.63) is 68.6 Å². The van der Waals surface area contributed by atoms with E-state index in [1.165, 1.54) is 27.7 Å². The lowest BCUT2D eigenvalue weighted by Gasteiger charge is -2.09. The molecule has 4 aromatic rings. The van der Waals surface area contributed by atoms with Crippen LogP contribution in [0.1, 0.15) is 14.5 Å². The van der Waals surface area contributed by atoms with Crippen molar-refractivity contribution in [3.63, 3.8) is 0 Å². The molecule has 0 saturated carbocycles. The minimum absolute atomic E-state index is 0.0564. The highest BCUT2D eigenvalue weighted by Gasteiger charge is 2.13. The quantitative estimate of drug-likeness (QED) is 0.227. The first-order valence-corrected chi connectivity index (χ1v) is 9.95. The summed E-state index contributed by atoms with van der Waals surface area (Å²) in [7, 11) is 1.70. The molecule has 0 aliphatic heterocycles. The van der Waals surface area contributed by atoms with Crippen LogP contribution in [-0.2, 0) is 7.05 Å². The van der Waals surface area contributed by atoms with Crippen molar-refractivity contribution in [2.45, 2.75) is 12.1 Å². The largest absolute Gasteiger partial charge is 0.292 e. The lowest BCUT2D eigenvalue weighted by molar-refractivity contribution is 0.102. The van der Waals surface area contributed by atoms with Crippen LogP contribution in [0.4, 0.5) is 0 Å². The van der Waals surface area contributed by atoms with Crippen LogP contribution in [0.2, 0.25) is 0 Å². The van der Waals surface area contributed by atoms with Crippen LogP contribution in [0.3, 0.4) is 0 Å². The van der Waals surface area contributed by atoms with Gasteiger partial charge in [-0.3, -0.25) is 14.2 Å². The number of benzene rings is 2. The van der Waals surface area contributed by atoms with Crippen LogP contribution >= 0.6 is 23.1 Å². The van der Waals surface area contributed by atoms with Gasteiger partial charge in [-0.2, -0.15) is 0 Å². The standard InChI is InChI=1S/C20H16N2O2S2/c1-12-7-8-18(26-12)17(23)11-25-20-21-16-10-14-6-4-3-5-13(14)9-15(16)19(24)22(20)2/h3-10H,11H2,1-2H3. The van der Waals surface area contributed by atoms with Crippen molar-refractivity contribution in [2.24, 2.45) is 7.05 Å². The normalized spacial score (nSPS) is 11.3. The lowest BCUT2D eigenvalue weighted by atomic mass is 10.1. The van der Waals surface area contributed by atoms with Crippen molar-refractivity contribution >= 4 is 50.6 Å². The minimum atomic E-state index is -0.0947. The molecule has 0 spiro atoms. The molecule has 0 aliphatic rings. The molecule has 2 aromatic heterocycles. The van der Waals surface area contributed by atoms with E-state index in [4.69, 9.17) is 0 Å². The van der Waals surface area contributed by atoms with Crippen LogP contribution in [0.5, 0.6) is 0 Å². The minimum Gasteiger partial charge on any atom is -0.292 e. The lowest BCUT2D eigenvalue weighted by Crippen LogP contribution is -2.20. The van der Waals surface area contributed by atoms with Crippen molar-refractivity contribution in [3.8, 4) is 0 Å². The van der Waals surface area contributed by atoms with Crippen molar-refractivity contribution in [1.82, 2.24) is 9.55 Å². The van der Waals surface area contributed by atoms with Crippen LogP contribution < -0.4 is 5.56 Å². The average molecular weight is 380 g/mol. The molecule has 0 N–H and O–H groups in total. The third-order valence-electron chi connectivity index (χ3n) is 4.25. The molecule has 0 atom stereocenters. The van der Waals surface area contributed by atoms with E-state index < -0.39 is 0 Å². The summed E-state index contributed by atoms with van der Waals surface area (Å²) in [6.07, 6.45) is 0. The van der Waals surface area contributed by atoms with E-state index in [1.54, 1.807) is 7.05 Å². The van der Waals surface area contributed by atoms with E-state index in [0.717, 1.165) is 20.5 Å². The number of Topliss-reactive ketones (excluding diaryl/α,β-unsaturated/α-hetero) is 1. The van der Waals surface area contributed by atoms with Gasteiger partial charge in [0.2, 0.25) is 0 Å². The molecular weight excluding hydrogens is 364 g/mol. The number of nitrogens with zero attached hydrogens (tertiary/aromatic N) is 2. The number of aryl methyl sites for hydroxylation is 1. The topological polar surface area (TPSA) is 52.0 Å². The Morgan fingerprint density at radius 3 is 2.58 bits per heavy atom. The Morgan fingerprint density at radius 1 is 1.15 bits per heavy atom. The van der Waals surface area contributed by atoms with Crippen LogP contribution in [-0.4, -0.2) is 21.1 Å². The van der Waals surface area contributed by atoms with Gasteiger partial charge in [-0.1, -0.05) is 36.0 Å². The fourth-order valence-corrected chi connectivity index (χ4v) is 4.60. The van der Waals surface area contributed by atoms with E-state index in [0.29, 0.717) is 16.1 Å². The number of rotatable bonds is 4. The van der Waals surface area contributed by atoms with Gasteiger partial charge in [0.05, 0.1) is 21.5 Å². The Labute approximate surface area is 158 Å². The highest BCUT2D eigenvalue weighted by Crippen LogP contribution is 2.24. The Kier molecular flexibility index (Phi) is 4.38. The zero-order valence-corrected chi connectivity index (χ0v) is 16.0. The monoisotopic (exact) mass is 380 g/mol. The van der Waals surface area contributed by atoms with E-state index in [1.807, 2.05) is 55.5 Å². The van der Waals surface area contributed by atoms with Gasteiger partial charge < -0.3 is 0 Å². The summed E-state index contributed by atoms with van der Waals surface area (Å²) in [5, 5.41) is 3.21. The summed E-state index contributed by atoms with van der Waals surface area (Å²) >= 11 is 2.79. The molecule has 130 valence electrons. The summed E-state index contributed by atoms with van der Waals surface area (Å²) in [6.45, 7) is 1.98. The molecule has 0 unspecified atom stereocenters. The molecule has 0 aliphatic carbocycles. The summed E-state index contributed by atoms with van der Waals surface area (Å²) in [5.74, 6) is 0.320. The maximum absolute atomic E-state index is 12.7. The molecule has 0 radical (unpaired) electrons. The van der Waals surface area contributed by atoms with E-state index in [2.05, 4.69) is 4.98 Å². The fourth-order valence-electron chi connectivity index (χ4n) is 2.85. The summed E-state index contributed by atoms with van der Waals surface area (Å²) in [6, 6.07) is 15.5. The SMILES string of the molecule is Cc1ccc(C(=O)CSc2nc3cc4ccccc4cc3c(=O)n2C)s1. The molecule has 0 fully saturated rings. The van der Waals surface area contributed by atoms with Gasteiger partial charge in [0.1, 0.15) is 0 Å². The summed E-state index contributed by atoms with van der Waals surface area (Å²) < 4.78 is 1.52. The number of hydrogen-bond acceptors (Lipinski definition) is 5. The van der Waals surface area contributed by atoms with Crippen LogP contribution in [0.25, 0.3) is 21.7 Å². The van der Waals surface area contributed by atoms with Crippen molar-refractivity contribution in [1.29, 1.82) is 0 Å². The van der Waals surface area contributed by atoms with E-state index in [9.17, 15) is 9.59 Å². The van der Waals surface area contributed by atoms with Crippen LogP contribution in [0, 0.1) is 6.92 Å². The third kappa shape index (κ3) is 3.06. The number of carbonyl (C=O) groups is 1. The van der Waals surface area contributed by atoms with Gasteiger partial charge in [0.15, 0.2) is 10.9 Å². The maximum Gasteiger partial charge on any atom is 0.261 e. The molecule has 0 saturated heterocycles. The highest BCUT2D eigenvalue weighted by molar-refractivity contribution is 7.99. The molecular formula is C20H16N2O2S2. The predicted molar refractivity (Wildman–Crippen MR) is 109 cm³/mol. The summed E-state index contributed by atoms with van der Waals surface area (Å²) in [5.41, 5.74) is 0.566. The van der Waals surface area contributed by atoms with Gasteiger partial charge in [-0.15, -0.1) is 11.3 Å². The van der Waals surface area contributed by atoms with Gasteiger partial charge in [-0.05, 0) is 42.0 Å². The molecule has 4 rings (SSSR count). The molecule has 0 amide bonds. The Morgan fingerprint density at radius 2 is 1.88 bits per heavy atom. The van der Waals surface area contributed by atoms with E-state index in [-0.39, 0.29) is 17.1 Å². The first-order valence-electron chi connectivity index (χ1n) is 8.15. The molecule has 2 heterocycles. The number of fused-ring (bicyclic) bond motifs is 2. The third-order valence-corrected chi connectivity index (χ3v) is 6.32. The molecule has 4 nitrogen and oxygen atoms in total. The second-order valence-electron chi connectivity index (χ2n) is 6.10. The first-order chi connectivity index (χ1) is 12.5. The summed E-state index contributed by atoms with van der Waals surface area (Å²) in [4.78, 5) is 31.6. The Balaban J connectivity index is 1.71. The maximum atomic E-state index is 12.7. The van der Waals surface area contributed by atoms with Crippen molar-refractivity contribution in [2.75, 3.05) is 5.75 Å². The van der Waals surface area contributed by atoms with E-state index >= 15 is 0 Å². The predicted octanol–water partition coefficient (Wildman–Crippen LogP) is 4.43. The van der Waals surface area contributed by atoms with Crippen molar-refractivity contribution < 1.29 is 4.79 Å². The van der Waals surface area contributed by atoms with Gasteiger partial charge in [-0.25, -0.2) is 4.98 Å². The first kappa shape index (κ1) is 17.0. The number of thiophene rings is 1. The number of ketones is 1. The zero-order chi connectivity index (χ0) is 18.3. The fraction of sp³-hybridized carbons (Fsp3) is 0.150. The van der Waals surface area contributed by atoms with Crippen LogP contribution in [0.15, 0.2) is 58.5 Å². The Hall–Kier alpha value is -2.44. The van der Waals surface area contributed by atoms with Gasteiger partial charge >= 0.3 is 0 Å². The molecule has 2 aromatic carbocycles. The number of carbonyl (C=O) groups excluding carboxylic acids is 1. The smallest absolute Gasteiger partial charge is 0.261 e. The second kappa shape index (κ2) is 6.70. The second-order valence-corrected chi connectivity index (χ2v) is 8.33. The average Bonchev–Trinajstić information content (AvgIpc) is 3.08. The number of thioether (sulfide) groups is 1. The molecule has 26 heavy (non-hydrogen) atoms. The van der Waals surface area contributed by atoms with Gasteiger partial charge in [0, 0.05) is 11.9 Å². The highest BCUT2D eigenvalue weighted by atomic mass is 32.2.